The van der Waals surface area contributed by atoms with Crippen molar-refractivity contribution in [3.63, 3.8) is 0 Å². The van der Waals surface area contributed by atoms with Crippen molar-refractivity contribution in [2.75, 3.05) is 11.9 Å². The van der Waals surface area contributed by atoms with Gasteiger partial charge in [-0.05, 0) is 35.2 Å². The highest BCUT2D eigenvalue weighted by Gasteiger charge is 2.29. The van der Waals surface area contributed by atoms with E-state index in [4.69, 9.17) is 0 Å². The van der Waals surface area contributed by atoms with Gasteiger partial charge in [0, 0.05) is 24.9 Å². The molecule has 0 spiro atoms. The third kappa shape index (κ3) is 2.80. The summed E-state index contributed by atoms with van der Waals surface area (Å²) in [5.74, 6) is 2.04. The first-order valence-electron chi connectivity index (χ1n) is 6.87. The predicted molar refractivity (Wildman–Crippen MR) is 81.5 cm³/mol. The molecule has 0 amide bonds. The molecule has 0 atom stereocenters. The van der Waals surface area contributed by atoms with Crippen LogP contribution in [0.25, 0.3) is 11.5 Å². The standard InChI is InChI=1S/C14H16BrN5/c1-2-5-18-14-11(15)12(9-3-4-9)19-13(20-14)10-8-16-6-7-17-10/h6-9H,2-5H2,1H3,(H,18,19,20). The average Bonchev–Trinajstić information content (AvgIpc) is 3.32. The van der Waals surface area contributed by atoms with Gasteiger partial charge >= 0.3 is 0 Å². The van der Waals surface area contributed by atoms with Gasteiger partial charge in [-0.2, -0.15) is 0 Å². The number of anilines is 1. The van der Waals surface area contributed by atoms with Crippen molar-refractivity contribution in [3.8, 4) is 11.5 Å². The van der Waals surface area contributed by atoms with Crippen molar-refractivity contribution in [2.45, 2.75) is 32.1 Å². The van der Waals surface area contributed by atoms with Crippen LogP contribution in [0.4, 0.5) is 5.82 Å². The SMILES string of the molecule is CCCNc1nc(-c2cnccn2)nc(C2CC2)c1Br. The summed E-state index contributed by atoms with van der Waals surface area (Å²) >= 11 is 3.64. The van der Waals surface area contributed by atoms with E-state index in [9.17, 15) is 0 Å². The first-order chi connectivity index (χ1) is 9.79. The van der Waals surface area contributed by atoms with Gasteiger partial charge in [-0.15, -0.1) is 0 Å². The maximum atomic E-state index is 4.67. The predicted octanol–water partition coefficient (Wildman–Crippen LogP) is 3.40. The largest absolute Gasteiger partial charge is 0.369 e. The van der Waals surface area contributed by atoms with Gasteiger partial charge in [0.2, 0.25) is 0 Å². The van der Waals surface area contributed by atoms with Crippen molar-refractivity contribution < 1.29 is 0 Å². The molecular formula is C14H16BrN5. The average molecular weight is 334 g/mol. The number of halogens is 1. The fourth-order valence-corrected chi connectivity index (χ4v) is 2.62. The fraction of sp³-hybridized carbons (Fsp3) is 0.429. The number of nitrogens with zero attached hydrogens (tertiary/aromatic N) is 4. The smallest absolute Gasteiger partial charge is 0.182 e. The van der Waals surface area contributed by atoms with Crippen molar-refractivity contribution in [1.82, 2.24) is 19.9 Å². The lowest BCUT2D eigenvalue weighted by Gasteiger charge is -2.12. The molecule has 2 aromatic rings. The molecule has 1 aliphatic rings. The lowest BCUT2D eigenvalue weighted by molar-refractivity contribution is 0.935. The molecule has 6 heteroatoms. The summed E-state index contributed by atoms with van der Waals surface area (Å²) in [6.45, 7) is 3.02. The van der Waals surface area contributed by atoms with E-state index in [1.807, 2.05) is 0 Å². The Labute approximate surface area is 126 Å². The van der Waals surface area contributed by atoms with E-state index >= 15 is 0 Å². The Hall–Kier alpha value is -1.56. The van der Waals surface area contributed by atoms with E-state index in [2.05, 4.69) is 48.1 Å². The molecule has 104 valence electrons. The summed E-state index contributed by atoms with van der Waals surface area (Å²) in [5.41, 5.74) is 1.79. The van der Waals surface area contributed by atoms with Crippen LogP contribution < -0.4 is 5.32 Å². The molecular weight excluding hydrogens is 318 g/mol. The van der Waals surface area contributed by atoms with Gasteiger partial charge in [-0.3, -0.25) is 4.98 Å². The van der Waals surface area contributed by atoms with Gasteiger partial charge in [-0.1, -0.05) is 6.92 Å². The lowest BCUT2D eigenvalue weighted by Crippen LogP contribution is -2.07. The summed E-state index contributed by atoms with van der Waals surface area (Å²) in [6.07, 6.45) is 8.46. The van der Waals surface area contributed by atoms with Crippen LogP contribution in [0.3, 0.4) is 0 Å². The summed E-state index contributed by atoms with van der Waals surface area (Å²) in [6, 6.07) is 0. The van der Waals surface area contributed by atoms with Crippen LogP contribution >= 0.6 is 15.9 Å². The highest BCUT2D eigenvalue weighted by molar-refractivity contribution is 9.10. The normalized spacial score (nSPS) is 14.3. The molecule has 1 N–H and O–H groups in total. The third-order valence-corrected chi connectivity index (χ3v) is 3.96. The maximum absolute atomic E-state index is 4.67. The number of rotatable bonds is 5. The quantitative estimate of drug-likeness (QED) is 0.908. The minimum absolute atomic E-state index is 0.546. The number of hydrogen-bond acceptors (Lipinski definition) is 5. The maximum Gasteiger partial charge on any atom is 0.182 e. The summed E-state index contributed by atoms with van der Waals surface area (Å²) in [4.78, 5) is 17.6. The number of aromatic nitrogens is 4. The molecule has 0 aromatic carbocycles. The Balaban J connectivity index is 2.03. The first-order valence-corrected chi connectivity index (χ1v) is 7.66. The second-order valence-corrected chi connectivity index (χ2v) is 5.68. The van der Waals surface area contributed by atoms with Gasteiger partial charge in [0.1, 0.15) is 11.5 Å². The minimum atomic E-state index is 0.546. The van der Waals surface area contributed by atoms with E-state index in [1.54, 1.807) is 18.6 Å². The molecule has 1 saturated carbocycles. The monoisotopic (exact) mass is 333 g/mol. The zero-order chi connectivity index (χ0) is 13.9. The van der Waals surface area contributed by atoms with Crippen LogP contribution in [0.15, 0.2) is 23.1 Å². The molecule has 5 nitrogen and oxygen atoms in total. The van der Waals surface area contributed by atoms with Crippen molar-refractivity contribution >= 4 is 21.7 Å². The highest BCUT2D eigenvalue weighted by Crippen LogP contribution is 2.44. The zero-order valence-electron chi connectivity index (χ0n) is 11.3. The van der Waals surface area contributed by atoms with Crippen molar-refractivity contribution in [2.24, 2.45) is 0 Å². The molecule has 0 bridgehead atoms. The summed E-state index contributed by atoms with van der Waals surface area (Å²) in [5, 5.41) is 3.35. The topological polar surface area (TPSA) is 63.6 Å². The van der Waals surface area contributed by atoms with Crippen molar-refractivity contribution in [3.05, 3.63) is 28.8 Å². The molecule has 1 fully saturated rings. The molecule has 0 saturated heterocycles. The van der Waals surface area contributed by atoms with Crippen molar-refractivity contribution in [1.29, 1.82) is 0 Å². The minimum Gasteiger partial charge on any atom is -0.369 e. The Morgan fingerprint density at radius 1 is 1.30 bits per heavy atom. The van der Waals surface area contributed by atoms with Crippen LogP contribution in [-0.4, -0.2) is 26.5 Å². The fourth-order valence-electron chi connectivity index (χ4n) is 1.98. The van der Waals surface area contributed by atoms with Crippen LogP contribution in [-0.2, 0) is 0 Å². The highest BCUT2D eigenvalue weighted by atomic mass is 79.9. The van der Waals surface area contributed by atoms with Gasteiger partial charge in [0.15, 0.2) is 5.82 Å². The number of hydrogen-bond donors (Lipinski definition) is 1. The van der Waals surface area contributed by atoms with Crippen LogP contribution in [0.1, 0.15) is 37.8 Å². The molecule has 3 rings (SSSR count). The molecule has 1 aliphatic carbocycles. The van der Waals surface area contributed by atoms with E-state index in [0.29, 0.717) is 17.4 Å². The van der Waals surface area contributed by atoms with Crippen LogP contribution in [0.5, 0.6) is 0 Å². The molecule has 0 aliphatic heterocycles. The van der Waals surface area contributed by atoms with Crippen LogP contribution in [0.2, 0.25) is 0 Å². The second kappa shape index (κ2) is 5.83. The molecule has 2 heterocycles. The van der Waals surface area contributed by atoms with Gasteiger partial charge in [0.05, 0.1) is 16.4 Å². The Morgan fingerprint density at radius 2 is 2.15 bits per heavy atom. The molecule has 0 radical (unpaired) electrons. The van der Waals surface area contributed by atoms with Gasteiger partial charge in [-0.25, -0.2) is 15.0 Å². The van der Waals surface area contributed by atoms with Gasteiger partial charge in [0.25, 0.3) is 0 Å². The first kappa shape index (κ1) is 13.4. The molecule has 0 unspecified atom stereocenters. The number of nitrogens with one attached hydrogen (secondary N) is 1. The van der Waals surface area contributed by atoms with E-state index < -0.39 is 0 Å². The van der Waals surface area contributed by atoms with E-state index in [0.717, 1.165) is 29.0 Å². The Morgan fingerprint density at radius 3 is 2.80 bits per heavy atom. The summed E-state index contributed by atoms with van der Waals surface area (Å²) < 4.78 is 0.987. The van der Waals surface area contributed by atoms with Gasteiger partial charge < -0.3 is 5.32 Å². The second-order valence-electron chi connectivity index (χ2n) is 4.89. The third-order valence-electron chi connectivity index (χ3n) is 3.18. The van der Waals surface area contributed by atoms with E-state index in [1.165, 1.54) is 12.8 Å². The van der Waals surface area contributed by atoms with E-state index in [-0.39, 0.29) is 0 Å². The lowest BCUT2D eigenvalue weighted by atomic mass is 10.2. The van der Waals surface area contributed by atoms with Crippen LogP contribution in [0, 0.1) is 0 Å². The Kier molecular flexibility index (Phi) is 3.91. The molecule has 20 heavy (non-hydrogen) atoms. The Bertz CT molecular complexity index is 598. The zero-order valence-corrected chi connectivity index (χ0v) is 12.9. The molecule has 2 aromatic heterocycles. The summed E-state index contributed by atoms with van der Waals surface area (Å²) in [7, 11) is 0.